The number of rotatable bonds is 6. The molecule has 0 N–H and O–H groups in total. The molecule has 1 heterocycles. The van der Waals surface area contributed by atoms with Crippen LogP contribution >= 0.6 is 11.6 Å². The lowest BCUT2D eigenvalue weighted by atomic mass is 10.2. The summed E-state index contributed by atoms with van der Waals surface area (Å²) in [6, 6.07) is 20.5. The van der Waals surface area contributed by atoms with Crippen LogP contribution in [0.25, 0.3) is 0 Å². The van der Waals surface area contributed by atoms with Gasteiger partial charge in [0.1, 0.15) is 11.6 Å². The highest BCUT2D eigenvalue weighted by Crippen LogP contribution is 2.19. The number of hydrogen-bond acceptors (Lipinski definition) is 3. The molecule has 0 aliphatic heterocycles. The Kier molecular flexibility index (Phi) is 5.87. The third-order valence-corrected chi connectivity index (χ3v) is 4.18. The first-order valence-electron chi connectivity index (χ1n) is 8.28. The monoisotopic (exact) mass is 366 g/mol. The van der Waals surface area contributed by atoms with Crippen molar-refractivity contribution in [3.05, 3.63) is 89.1 Å². The second kappa shape index (κ2) is 8.50. The van der Waals surface area contributed by atoms with Gasteiger partial charge in [-0.25, -0.2) is 4.98 Å². The van der Waals surface area contributed by atoms with Gasteiger partial charge in [-0.3, -0.25) is 9.69 Å². The number of benzene rings is 2. The smallest absolute Gasteiger partial charge is 0.266 e. The summed E-state index contributed by atoms with van der Waals surface area (Å²) < 4.78 is 5.72. The van der Waals surface area contributed by atoms with Gasteiger partial charge in [-0.05, 0) is 48.4 Å². The Morgan fingerprint density at radius 2 is 1.77 bits per heavy atom. The van der Waals surface area contributed by atoms with E-state index in [1.165, 1.54) is 0 Å². The number of ether oxygens (including phenoxy) is 1. The molecule has 132 valence electrons. The molecule has 0 bridgehead atoms. The van der Waals surface area contributed by atoms with Crippen LogP contribution in [0.4, 0.5) is 5.82 Å². The Morgan fingerprint density at radius 1 is 1.04 bits per heavy atom. The van der Waals surface area contributed by atoms with E-state index >= 15 is 0 Å². The molecule has 3 rings (SSSR count). The quantitative estimate of drug-likeness (QED) is 0.637. The topological polar surface area (TPSA) is 42.4 Å². The minimum atomic E-state index is -0.165. The molecule has 0 atom stereocenters. The molecule has 0 spiro atoms. The average Bonchev–Trinajstić information content (AvgIpc) is 2.67. The van der Waals surface area contributed by atoms with Gasteiger partial charge in [0, 0.05) is 11.2 Å². The Hall–Kier alpha value is -2.85. The van der Waals surface area contributed by atoms with Crippen LogP contribution in [-0.4, -0.2) is 17.5 Å². The first-order chi connectivity index (χ1) is 12.6. The summed E-state index contributed by atoms with van der Waals surface area (Å²) >= 11 is 5.95. The van der Waals surface area contributed by atoms with Crippen LogP contribution < -0.4 is 9.64 Å². The normalized spacial score (nSPS) is 10.4. The fraction of sp³-hybridized carbons (Fsp3) is 0.143. The predicted molar refractivity (Wildman–Crippen MR) is 104 cm³/mol. The van der Waals surface area contributed by atoms with Crippen molar-refractivity contribution in [3.63, 3.8) is 0 Å². The van der Waals surface area contributed by atoms with Gasteiger partial charge in [0.15, 0.2) is 6.61 Å². The Balaban J connectivity index is 1.77. The minimum Gasteiger partial charge on any atom is -0.483 e. The number of carbonyl (C=O) groups excluding carboxylic acids is 1. The standard InChI is InChI=1S/C21H19ClN2O2/c1-16-6-2-3-7-19(16)26-15-21(25)24(20-8-4-5-13-23-20)14-17-9-11-18(22)12-10-17/h2-13H,14-15H2,1H3. The van der Waals surface area contributed by atoms with Crippen LogP contribution in [0, 0.1) is 6.92 Å². The zero-order valence-corrected chi connectivity index (χ0v) is 15.2. The van der Waals surface area contributed by atoms with Gasteiger partial charge in [-0.2, -0.15) is 0 Å². The molecule has 1 amide bonds. The Morgan fingerprint density at radius 3 is 2.46 bits per heavy atom. The van der Waals surface area contributed by atoms with Crippen molar-refractivity contribution < 1.29 is 9.53 Å². The van der Waals surface area contributed by atoms with Gasteiger partial charge in [0.2, 0.25) is 0 Å². The van der Waals surface area contributed by atoms with E-state index in [-0.39, 0.29) is 12.5 Å². The molecule has 5 heteroatoms. The van der Waals surface area contributed by atoms with E-state index in [9.17, 15) is 4.79 Å². The average molecular weight is 367 g/mol. The number of hydrogen-bond donors (Lipinski definition) is 0. The molecule has 1 aromatic heterocycles. The molecule has 0 saturated heterocycles. The predicted octanol–water partition coefficient (Wildman–Crippen LogP) is 4.66. The third kappa shape index (κ3) is 4.61. The number of anilines is 1. The van der Waals surface area contributed by atoms with Crippen molar-refractivity contribution in [2.45, 2.75) is 13.5 Å². The molecule has 0 unspecified atom stereocenters. The van der Waals surface area contributed by atoms with Crippen molar-refractivity contribution in [2.75, 3.05) is 11.5 Å². The van der Waals surface area contributed by atoms with Crippen molar-refractivity contribution >= 4 is 23.3 Å². The van der Waals surface area contributed by atoms with E-state index in [1.807, 2.05) is 73.7 Å². The lowest BCUT2D eigenvalue weighted by molar-refractivity contribution is -0.120. The molecule has 0 fully saturated rings. The molecule has 0 aliphatic rings. The van der Waals surface area contributed by atoms with Gasteiger partial charge in [0.25, 0.3) is 5.91 Å². The zero-order chi connectivity index (χ0) is 18.4. The number of carbonyl (C=O) groups is 1. The van der Waals surface area contributed by atoms with E-state index < -0.39 is 0 Å². The maximum absolute atomic E-state index is 12.8. The van der Waals surface area contributed by atoms with Crippen molar-refractivity contribution in [3.8, 4) is 5.75 Å². The summed E-state index contributed by atoms with van der Waals surface area (Å²) in [5.74, 6) is 1.12. The second-order valence-electron chi connectivity index (χ2n) is 5.85. The first-order valence-corrected chi connectivity index (χ1v) is 8.65. The summed E-state index contributed by atoms with van der Waals surface area (Å²) in [5, 5.41) is 0.660. The van der Waals surface area contributed by atoms with Crippen LogP contribution in [0.1, 0.15) is 11.1 Å². The number of halogens is 1. The van der Waals surface area contributed by atoms with Crippen LogP contribution in [0.15, 0.2) is 72.9 Å². The van der Waals surface area contributed by atoms with Crippen LogP contribution in [0.3, 0.4) is 0 Å². The number of aryl methyl sites for hydroxylation is 1. The number of aromatic nitrogens is 1. The summed E-state index contributed by atoms with van der Waals surface area (Å²) in [4.78, 5) is 18.8. The van der Waals surface area contributed by atoms with Gasteiger partial charge in [-0.1, -0.05) is 48.0 Å². The van der Waals surface area contributed by atoms with E-state index in [4.69, 9.17) is 16.3 Å². The van der Waals surface area contributed by atoms with E-state index in [0.717, 1.165) is 11.1 Å². The summed E-state index contributed by atoms with van der Waals surface area (Å²) in [5.41, 5.74) is 1.95. The van der Waals surface area contributed by atoms with Gasteiger partial charge < -0.3 is 4.74 Å². The highest BCUT2D eigenvalue weighted by Gasteiger charge is 2.18. The summed E-state index contributed by atoms with van der Waals surface area (Å²) in [6.45, 7) is 2.28. The number of amides is 1. The van der Waals surface area contributed by atoms with Crippen molar-refractivity contribution in [1.82, 2.24) is 4.98 Å². The zero-order valence-electron chi connectivity index (χ0n) is 14.4. The molecule has 26 heavy (non-hydrogen) atoms. The van der Waals surface area contributed by atoms with Gasteiger partial charge in [-0.15, -0.1) is 0 Å². The SMILES string of the molecule is Cc1ccccc1OCC(=O)N(Cc1ccc(Cl)cc1)c1ccccn1. The molecule has 0 radical (unpaired) electrons. The lowest BCUT2D eigenvalue weighted by Crippen LogP contribution is -2.35. The van der Waals surface area contributed by atoms with E-state index in [2.05, 4.69) is 4.98 Å². The second-order valence-corrected chi connectivity index (χ2v) is 6.28. The molecular formula is C21H19ClN2O2. The summed E-state index contributed by atoms with van der Waals surface area (Å²) in [7, 11) is 0. The lowest BCUT2D eigenvalue weighted by Gasteiger charge is -2.22. The fourth-order valence-electron chi connectivity index (χ4n) is 2.52. The molecule has 3 aromatic rings. The molecule has 0 saturated carbocycles. The van der Waals surface area contributed by atoms with E-state index in [1.54, 1.807) is 11.1 Å². The number of nitrogens with zero attached hydrogens (tertiary/aromatic N) is 2. The maximum Gasteiger partial charge on any atom is 0.266 e. The molecule has 4 nitrogen and oxygen atoms in total. The largest absolute Gasteiger partial charge is 0.483 e. The number of pyridine rings is 1. The summed E-state index contributed by atoms with van der Waals surface area (Å²) in [6.07, 6.45) is 1.67. The van der Waals surface area contributed by atoms with Crippen molar-refractivity contribution in [1.29, 1.82) is 0 Å². The molecule has 2 aromatic carbocycles. The maximum atomic E-state index is 12.8. The van der Waals surface area contributed by atoms with Gasteiger partial charge >= 0.3 is 0 Å². The highest BCUT2D eigenvalue weighted by atomic mass is 35.5. The van der Waals surface area contributed by atoms with E-state index in [0.29, 0.717) is 23.1 Å². The highest BCUT2D eigenvalue weighted by molar-refractivity contribution is 6.30. The van der Waals surface area contributed by atoms with Crippen LogP contribution in [0.5, 0.6) is 5.75 Å². The first kappa shape index (κ1) is 18.0. The third-order valence-electron chi connectivity index (χ3n) is 3.93. The number of para-hydroxylation sites is 1. The Bertz CT molecular complexity index is 867. The fourth-order valence-corrected chi connectivity index (χ4v) is 2.64. The van der Waals surface area contributed by atoms with Crippen molar-refractivity contribution in [2.24, 2.45) is 0 Å². The van der Waals surface area contributed by atoms with Crippen LogP contribution in [-0.2, 0) is 11.3 Å². The Labute approximate surface area is 158 Å². The van der Waals surface area contributed by atoms with Gasteiger partial charge in [0.05, 0.1) is 6.54 Å². The minimum absolute atomic E-state index is 0.0605. The molecule has 0 aliphatic carbocycles. The van der Waals surface area contributed by atoms with Crippen LogP contribution in [0.2, 0.25) is 5.02 Å². The molecular weight excluding hydrogens is 348 g/mol.